The average molecular weight is 189 g/mol. The van der Waals surface area contributed by atoms with E-state index in [1.807, 2.05) is 0 Å². The topological polar surface area (TPSA) is 112 Å². The summed E-state index contributed by atoms with van der Waals surface area (Å²) < 4.78 is 0. The van der Waals surface area contributed by atoms with Crippen LogP contribution in [0.5, 0.6) is 0 Å². The second-order valence-corrected chi connectivity index (χ2v) is 2.81. The fourth-order valence-corrected chi connectivity index (χ4v) is 1.10. The van der Waals surface area contributed by atoms with Gasteiger partial charge in [0.1, 0.15) is 15.9 Å². The molecule has 0 aromatic heterocycles. The van der Waals surface area contributed by atoms with Crippen molar-refractivity contribution in [1.82, 2.24) is 0 Å². The monoisotopic (exact) mass is 189 g/mol. The predicted octanol–water partition coefficient (Wildman–Crippen LogP) is 0.159. The molecule has 0 aromatic carbocycles. The van der Waals surface area contributed by atoms with E-state index in [-0.39, 0.29) is 5.57 Å². The molecule has 0 heterocycles. The predicted molar refractivity (Wildman–Crippen MR) is 45.2 cm³/mol. The van der Waals surface area contributed by atoms with Crippen molar-refractivity contribution in [2.45, 2.75) is 25.6 Å². The van der Waals surface area contributed by atoms with Crippen LogP contribution in [0.15, 0.2) is 12.2 Å². The van der Waals surface area contributed by atoms with E-state index in [9.17, 15) is 20.2 Å². The molecule has 0 aliphatic rings. The molecule has 0 fully saturated rings. The van der Waals surface area contributed by atoms with Crippen molar-refractivity contribution in [2.75, 3.05) is 0 Å². The molecule has 0 aliphatic heterocycles. The Hall–Kier alpha value is -1.50. The van der Waals surface area contributed by atoms with Crippen LogP contribution in [0.25, 0.3) is 0 Å². The van der Waals surface area contributed by atoms with Gasteiger partial charge in [0.25, 0.3) is 0 Å². The van der Waals surface area contributed by atoms with Gasteiger partial charge in [0.15, 0.2) is 0 Å². The minimum absolute atomic E-state index is 0.183. The molecule has 13 heavy (non-hydrogen) atoms. The maximum absolute atomic E-state index is 10.6. The minimum atomic E-state index is -2.47. The SMILES string of the molecule is C=C(C)C(C(C)N)([N+](=O)[O-])[N+](=O)[O-]. The molecule has 0 spiro atoms. The van der Waals surface area contributed by atoms with Crippen molar-refractivity contribution < 1.29 is 9.85 Å². The van der Waals surface area contributed by atoms with Gasteiger partial charge in [-0.3, -0.25) is 20.2 Å². The number of rotatable bonds is 4. The molecule has 74 valence electrons. The molecule has 1 atom stereocenters. The summed E-state index contributed by atoms with van der Waals surface area (Å²) in [6, 6.07) is -1.23. The first-order valence-electron chi connectivity index (χ1n) is 3.48. The Balaban J connectivity index is 5.46. The van der Waals surface area contributed by atoms with Crippen molar-refractivity contribution in [3.63, 3.8) is 0 Å². The van der Waals surface area contributed by atoms with Gasteiger partial charge in [-0.05, 0) is 13.8 Å². The van der Waals surface area contributed by atoms with E-state index < -0.39 is 21.6 Å². The van der Waals surface area contributed by atoms with Crippen molar-refractivity contribution in [1.29, 1.82) is 0 Å². The van der Waals surface area contributed by atoms with Crippen LogP contribution in [0.2, 0.25) is 0 Å². The highest BCUT2D eigenvalue weighted by molar-refractivity contribution is 5.07. The summed E-state index contributed by atoms with van der Waals surface area (Å²) in [6.07, 6.45) is 0. The molecule has 2 N–H and O–H groups in total. The van der Waals surface area contributed by atoms with Gasteiger partial charge in [-0.2, -0.15) is 0 Å². The van der Waals surface area contributed by atoms with Crippen LogP contribution in [0.1, 0.15) is 13.8 Å². The summed E-state index contributed by atoms with van der Waals surface area (Å²) in [7, 11) is 0. The first-order valence-corrected chi connectivity index (χ1v) is 3.48. The molecule has 7 nitrogen and oxygen atoms in total. The zero-order valence-corrected chi connectivity index (χ0v) is 7.39. The second-order valence-electron chi connectivity index (χ2n) is 2.81. The third kappa shape index (κ3) is 1.50. The van der Waals surface area contributed by atoms with E-state index in [1.165, 1.54) is 13.8 Å². The maximum Gasteiger partial charge on any atom is 0.494 e. The quantitative estimate of drug-likeness (QED) is 0.293. The Kier molecular flexibility index (Phi) is 3.08. The lowest BCUT2D eigenvalue weighted by Crippen LogP contribution is -2.58. The average Bonchev–Trinajstić information content (AvgIpc) is 1.82. The normalized spacial score (nSPS) is 13.5. The van der Waals surface area contributed by atoms with Crippen molar-refractivity contribution in [2.24, 2.45) is 5.73 Å². The third-order valence-electron chi connectivity index (χ3n) is 1.82. The molecule has 7 heteroatoms. The number of nitrogens with zero attached hydrogens (tertiary/aromatic N) is 2. The molecule has 0 saturated carbocycles. The Morgan fingerprint density at radius 1 is 1.46 bits per heavy atom. The number of nitro groups is 2. The molecule has 0 bridgehead atoms. The number of hydrogen-bond donors (Lipinski definition) is 1. The van der Waals surface area contributed by atoms with Gasteiger partial charge in [-0.25, -0.2) is 0 Å². The van der Waals surface area contributed by atoms with E-state index in [2.05, 4.69) is 6.58 Å². The van der Waals surface area contributed by atoms with E-state index >= 15 is 0 Å². The highest BCUT2D eigenvalue weighted by atomic mass is 16.7. The minimum Gasteiger partial charge on any atom is -0.315 e. The fourth-order valence-electron chi connectivity index (χ4n) is 1.10. The molecule has 0 amide bonds. The molecule has 0 aliphatic carbocycles. The Bertz CT molecular complexity index is 225. The standard InChI is InChI=1S/C6H11N3O4/c1-4(2)6(5(3)7,8(10)11)9(12)13/h5H,1,7H2,2-3H3. The van der Waals surface area contributed by atoms with Gasteiger partial charge in [0.05, 0.1) is 5.57 Å². The summed E-state index contributed by atoms with van der Waals surface area (Å²) in [5.41, 5.74) is 2.58. The van der Waals surface area contributed by atoms with Crippen molar-refractivity contribution in [3.05, 3.63) is 32.4 Å². The summed E-state index contributed by atoms with van der Waals surface area (Å²) in [4.78, 5) is 19.1. The van der Waals surface area contributed by atoms with E-state index in [0.717, 1.165) is 0 Å². The Labute approximate surface area is 74.5 Å². The van der Waals surface area contributed by atoms with Crippen LogP contribution in [0.3, 0.4) is 0 Å². The van der Waals surface area contributed by atoms with Gasteiger partial charge >= 0.3 is 5.66 Å². The van der Waals surface area contributed by atoms with Crippen LogP contribution < -0.4 is 5.73 Å². The molecule has 0 radical (unpaired) electrons. The molecule has 0 aromatic rings. The number of nitrogens with two attached hydrogens (primary N) is 1. The molecule has 0 rings (SSSR count). The zero-order chi connectivity index (χ0) is 10.8. The highest BCUT2D eigenvalue weighted by Gasteiger charge is 2.60. The van der Waals surface area contributed by atoms with Crippen LogP contribution in [-0.4, -0.2) is 21.6 Å². The van der Waals surface area contributed by atoms with Crippen LogP contribution in [0, 0.1) is 20.2 Å². The van der Waals surface area contributed by atoms with Crippen molar-refractivity contribution in [3.8, 4) is 0 Å². The summed E-state index contributed by atoms with van der Waals surface area (Å²) in [5.74, 6) is 0. The Morgan fingerprint density at radius 3 is 1.77 bits per heavy atom. The smallest absolute Gasteiger partial charge is 0.315 e. The maximum atomic E-state index is 10.6. The van der Waals surface area contributed by atoms with Gasteiger partial charge in [-0.1, -0.05) is 6.58 Å². The number of hydrogen-bond acceptors (Lipinski definition) is 5. The lowest BCUT2D eigenvalue weighted by atomic mass is 9.96. The van der Waals surface area contributed by atoms with E-state index in [0.29, 0.717) is 0 Å². The van der Waals surface area contributed by atoms with Gasteiger partial charge < -0.3 is 5.73 Å². The fraction of sp³-hybridized carbons (Fsp3) is 0.667. The summed E-state index contributed by atoms with van der Waals surface area (Å²) >= 11 is 0. The largest absolute Gasteiger partial charge is 0.494 e. The van der Waals surface area contributed by atoms with Crippen LogP contribution >= 0.6 is 0 Å². The summed E-state index contributed by atoms with van der Waals surface area (Å²) in [5, 5.41) is 21.1. The third-order valence-corrected chi connectivity index (χ3v) is 1.82. The first-order chi connectivity index (χ1) is 5.77. The van der Waals surface area contributed by atoms with Gasteiger partial charge in [-0.15, -0.1) is 0 Å². The van der Waals surface area contributed by atoms with Gasteiger partial charge in [0.2, 0.25) is 0 Å². The molecular formula is C6H11N3O4. The molecular weight excluding hydrogens is 178 g/mol. The zero-order valence-electron chi connectivity index (χ0n) is 7.39. The van der Waals surface area contributed by atoms with E-state index in [4.69, 9.17) is 5.73 Å². The van der Waals surface area contributed by atoms with Crippen molar-refractivity contribution >= 4 is 0 Å². The van der Waals surface area contributed by atoms with Gasteiger partial charge in [0, 0.05) is 0 Å². The van der Waals surface area contributed by atoms with Crippen LogP contribution in [-0.2, 0) is 0 Å². The first kappa shape index (κ1) is 11.5. The summed E-state index contributed by atoms with van der Waals surface area (Å²) in [6.45, 7) is 5.65. The van der Waals surface area contributed by atoms with E-state index in [1.54, 1.807) is 0 Å². The molecule has 0 saturated heterocycles. The highest BCUT2D eigenvalue weighted by Crippen LogP contribution is 2.23. The van der Waals surface area contributed by atoms with Crippen LogP contribution in [0.4, 0.5) is 0 Å². The Morgan fingerprint density at radius 2 is 1.77 bits per heavy atom. The second kappa shape index (κ2) is 3.48. The molecule has 1 unspecified atom stereocenters. The lowest BCUT2D eigenvalue weighted by molar-refractivity contribution is -0.786. The lowest BCUT2D eigenvalue weighted by Gasteiger charge is -2.19.